The third-order valence-corrected chi connectivity index (χ3v) is 3.68. The molecule has 1 aliphatic carbocycles. The minimum atomic E-state index is -0.237. The van der Waals surface area contributed by atoms with Crippen molar-refractivity contribution in [1.29, 1.82) is 0 Å². The molecule has 0 saturated heterocycles. The molecule has 3 N–H and O–H groups in total. The summed E-state index contributed by atoms with van der Waals surface area (Å²) in [6, 6.07) is 0. The van der Waals surface area contributed by atoms with Crippen LogP contribution in [0.5, 0.6) is 0 Å². The highest BCUT2D eigenvalue weighted by atomic mass is 16.3. The van der Waals surface area contributed by atoms with Crippen molar-refractivity contribution in [1.82, 2.24) is 9.97 Å². The Morgan fingerprint density at radius 3 is 2.89 bits per heavy atom. The molecule has 0 bridgehead atoms. The lowest BCUT2D eigenvalue weighted by atomic mass is 9.77. The lowest BCUT2D eigenvalue weighted by molar-refractivity contribution is 0.149. The van der Waals surface area contributed by atoms with Gasteiger partial charge in [0.2, 0.25) is 0 Å². The quantitative estimate of drug-likeness (QED) is 0.761. The fourth-order valence-corrected chi connectivity index (χ4v) is 2.78. The largest absolute Gasteiger partial charge is 0.394 e. The van der Waals surface area contributed by atoms with Crippen LogP contribution in [0.1, 0.15) is 32.6 Å². The molecule has 1 aromatic heterocycles. The Bertz CT molecular complexity index is 398. The van der Waals surface area contributed by atoms with Crippen LogP contribution in [-0.4, -0.2) is 34.3 Å². The molecule has 0 amide bonds. The molecule has 0 spiro atoms. The van der Waals surface area contributed by atoms with Crippen LogP contribution in [0, 0.1) is 5.92 Å². The van der Waals surface area contributed by atoms with Gasteiger partial charge in [0.1, 0.15) is 11.6 Å². The Hall–Kier alpha value is -1.36. The van der Waals surface area contributed by atoms with E-state index in [4.69, 9.17) is 0 Å². The molecule has 100 valence electrons. The van der Waals surface area contributed by atoms with Gasteiger partial charge in [0.05, 0.1) is 24.5 Å². The highest BCUT2D eigenvalue weighted by molar-refractivity contribution is 5.43. The fourth-order valence-electron chi connectivity index (χ4n) is 2.78. The lowest BCUT2D eigenvalue weighted by Gasteiger charge is -2.39. The number of hydrogen-bond donors (Lipinski definition) is 3. The molecule has 1 fully saturated rings. The molecule has 0 aromatic carbocycles. The maximum Gasteiger partial charge on any atom is 0.147 e. The van der Waals surface area contributed by atoms with Gasteiger partial charge < -0.3 is 15.7 Å². The van der Waals surface area contributed by atoms with Crippen LogP contribution in [0.2, 0.25) is 0 Å². The van der Waals surface area contributed by atoms with E-state index in [-0.39, 0.29) is 12.1 Å². The molecular weight excluding hydrogens is 228 g/mol. The van der Waals surface area contributed by atoms with Crippen LogP contribution in [0.25, 0.3) is 0 Å². The second-order valence-electron chi connectivity index (χ2n) is 5.30. The van der Waals surface area contributed by atoms with Crippen LogP contribution in [-0.2, 0) is 0 Å². The van der Waals surface area contributed by atoms with E-state index in [1.807, 2.05) is 7.05 Å². The summed E-state index contributed by atoms with van der Waals surface area (Å²) in [5.74, 6) is 2.10. The predicted molar refractivity (Wildman–Crippen MR) is 72.7 cm³/mol. The Morgan fingerprint density at radius 1 is 1.44 bits per heavy atom. The number of rotatable bonds is 4. The molecule has 5 nitrogen and oxygen atoms in total. The van der Waals surface area contributed by atoms with Gasteiger partial charge in [0.15, 0.2) is 0 Å². The topological polar surface area (TPSA) is 70.1 Å². The molecule has 1 heterocycles. The van der Waals surface area contributed by atoms with Crippen molar-refractivity contribution in [3.05, 3.63) is 12.4 Å². The van der Waals surface area contributed by atoms with Crippen molar-refractivity contribution < 1.29 is 5.11 Å². The summed E-state index contributed by atoms with van der Waals surface area (Å²) in [5.41, 5.74) is -0.237. The molecule has 2 atom stereocenters. The summed E-state index contributed by atoms with van der Waals surface area (Å²) in [5, 5.41) is 16.1. The zero-order valence-corrected chi connectivity index (χ0v) is 11.1. The number of nitrogens with one attached hydrogen (secondary N) is 2. The third kappa shape index (κ3) is 2.90. The Morgan fingerprint density at radius 2 is 2.22 bits per heavy atom. The predicted octanol–water partition coefficient (Wildman–Crippen LogP) is 1.87. The first-order valence-electron chi connectivity index (χ1n) is 6.56. The third-order valence-electron chi connectivity index (χ3n) is 3.68. The molecule has 1 aromatic rings. The molecular formula is C13H22N4O. The maximum absolute atomic E-state index is 9.72. The average Bonchev–Trinajstić information content (AvgIpc) is 2.39. The summed E-state index contributed by atoms with van der Waals surface area (Å²) in [6.07, 6.45) is 7.74. The van der Waals surface area contributed by atoms with Gasteiger partial charge in [-0.1, -0.05) is 19.8 Å². The molecule has 1 saturated carbocycles. The zero-order valence-electron chi connectivity index (χ0n) is 11.1. The van der Waals surface area contributed by atoms with Crippen LogP contribution in [0.15, 0.2) is 12.4 Å². The molecule has 2 rings (SSSR count). The van der Waals surface area contributed by atoms with E-state index < -0.39 is 0 Å². The van der Waals surface area contributed by atoms with Crippen molar-refractivity contribution in [3.63, 3.8) is 0 Å². The van der Waals surface area contributed by atoms with E-state index in [9.17, 15) is 5.11 Å². The minimum Gasteiger partial charge on any atom is -0.394 e. The fraction of sp³-hybridized carbons (Fsp3) is 0.692. The van der Waals surface area contributed by atoms with Crippen molar-refractivity contribution in [3.8, 4) is 0 Å². The number of aliphatic hydroxyl groups is 1. The Labute approximate surface area is 108 Å². The van der Waals surface area contributed by atoms with Crippen molar-refractivity contribution >= 4 is 11.6 Å². The van der Waals surface area contributed by atoms with Crippen LogP contribution in [0.3, 0.4) is 0 Å². The molecule has 0 radical (unpaired) electrons. The SMILES string of the molecule is CNc1cncc(NC2(CO)CCCC(C)C2)n1. The van der Waals surface area contributed by atoms with E-state index in [1.54, 1.807) is 12.4 Å². The van der Waals surface area contributed by atoms with Crippen LogP contribution in [0.4, 0.5) is 11.6 Å². The molecule has 5 heteroatoms. The van der Waals surface area contributed by atoms with E-state index in [0.29, 0.717) is 5.92 Å². The first-order valence-corrected chi connectivity index (χ1v) is 6.56. The number of anilines is 2. The molecule has 18 heavy (non-hydrogen) atoms. The number of aromatic nitrogens is 2. The standard InChI is InChI=1S/C13H22N4O/c1-10-4-3-5-13(6-10,9-18)17-12-8-15-7-11(14-2)16-12/h7-8,10,18H,3-6,9H2,1-2H3,(H2,14,16,17). The summed E-state index contributed by atoms with van der Waals surface area (Å²) >= 11 is 0. The monoisotopic (exact) mass is 250 g/mol. The van der Waals surface area contributed by atoms with Crippen LogP contribution < -0.4 is 10.6 Å². The normalized spacial score (nSPS) is 27.8. The van der Waals surface area contributed by atoms with Gasteiger partial charge in [0.25, 0.3) is 0 Å². The van der Waals surface area contributed by atoms with Gasteiger partial charge in [0, 0.05) is 7.05 Å². The van der Waals surface area contributed by atoms with Gasteiger partial charge in [-0.2, -0.15) is 0 Å². The first kappa shape index (κ1) is 13.1. The van der Waals surface area contributed by atoms with Crippen molar-refractivity contribution in [2.45, 2.75) is 38.1 Å². The zero-order chi connectivity index (χ0) is 13.0. The molecule has 1 aliphatic rings. The lowest BCUT2D eigenvalue weighted by Crippen LogP contribution is -2.46. The summed E-state index contributed by atoms with van der Waals surface area (Å²) in [4.78, 5) is 8.54. The number of hydrogen-bond acceptors (Lipinski definition) is 5. The number of nitrogens with zero attached hydrogens (tertiary/aromatic N) is 2. The Balaban J connectivity index is 2.13. The van der Waals surface area contributed by atoms with E-state index >= 15 is 0 Å². The smallest absolute Gasteiger partial charge is 0.147 e. The summed E-state index contributed by atoms with van der Waals surface area (Å²) in [7, 11) is 1.82. The van der Waals surface area contributed by atoms with Gasteiger partial charge >= 0.3 is 0 Å². The van der Waals surface area contributed by atoms with E-state index in [0.717, 1.165) is 30.9 Å². The van der Waals surface area contributed by atoms with Gasteiger partial charge in [-0.3, -0.25) is 4.98 Å². The number of aliphatic hydroxyl groups excluding tert-OH is 1. The first-order chi connectivity index (χ1) is 8.67. The maximum atomic E-state index is 9.72. The summed E-state index contributed by atoms with van der Waals surface area (Å²) in [6.45, 7) is 2.38. The minimum absolute atomic E-state index is 0.142. The van der Waals surface area contributed by atoms with Crippen molar-refractivity contribution in [2.24, 2.45) is 5.92 Å². The molecule has 2 unspecified atom stereocenters. The van der Waals surface area contributed by atoms with Gasteiger partial charge in [-0.05, 0) is 18.8 Å². The van der Waals surface area contributed by atoms with Crippen molar-refractivity contribution in [2.75, 3.05) is 24.3 Å². The van der Waals surface area contributed by atoms with E-state index in [2.05, 4.69) is 27.5 Å². The molecule has 0 aliphatic heterocycles. The van der Waals surface area contributed by atoms with Gasteiger partial charge in [-0.25, -0.2) is 4.98 Å². The Kier molecular flexibility index (Phi) is 4.01. The highest BCUT2D eigenvalue weighted by Gasteiger charge is 2.34. The van der Waals surface area contributed by atoms with Crippen LogP contribution >= 0.6 is 0 Å². The summed E-state index contributed by atoms with van der Waals surface area (Å²) < 4.78 is 0. The highest BCUT2D eigenvalue weighted by Crippen LogP contribution is 2.34. The van der Waals surface area contributed by atoms with Gasteiger partial charge in [-0.15, -0.1) is 0 Å². The second kappa shape index (κ2) is 5.52. The second-order valence-corrected chi connectivity index (χ2v) is 5.30. The average molecular weight is 250 g/mol. The van der Waals surface area contributed by atoms with E-state index in [1.165, 1.54) is 6.42 Å².